The standard InChI is InChI=1S/C29H47FO3Si/c1-9-32-26(31)25(30)24-13-12-22-21-11-10-19-18-20(33-34(7,8)27(2,3)4)14-16-28(19,5)23(21)15-17-29(22,24)6/h10,20-23H,9,11-18H2,1-8H3/b25-24+/t20-,21-,22-,23-,28-,29-/m0/s1. The van der Waals surface area contributed by atoms with Crippen molar-refractivity contribution in [2.24, 2.45) is 28.6 Å². The number of carbonyl (C=O) groups is 1. The van der Waals surface area contributed by atoms with E-state index >= 15 is 4.39 Å². The van der Waals surface area contributed by atoms with Crippen LogP contribution in [0.3, 0.4) is 0 Å². The maximum atomic E-state index is 15.1. The van der Waals surface area contributed by atoms with E-state index in [1.54, 1.807) is 12.5 Å². The number of hydrogen-bond acceptors (Lipinski definition) is 3. The third kappa shape index (κ3) is 4.17. The largest absolute Gasteiger partial charge is 0.461 e. The maximum Gasteiger partial charge on any atom is 0.367 e. The molecule has 0 N–H and O–H groups in total. The highest BCUT2D eigenvalue weighted by Crippen LogP contribution is 2.66. The molecule has 5 heteroatoms. The lowest BCUT2D eigenvalue weighted by Crippen LogP contribution is -2.51. The van der Waals surface area contributed by atoms with Gasteiger partial charge in [0.25, 0.3) is 0 Å². The molecule has 4 aliphatic carbocycles. The number of rotatable bonds is 4. The molecule has 0 unspecified atom stereocenters. The minimum Gasteiger partial charge on any atom is -0.461 e. The van der Waals surface area contributed by atoms with E-state index in [1.165, 1.54) is 6.42 Å². The van der Waals surface area contributed by atoms with Gasteiger partial charge in [-0.2, -0.15) is 4.39 Å². The number of fused-ring (bicyclic) bond motifs is 5. The summed E-state index contributed by atoms with van der Waals surface area (Å²) in [5, 5.41) is 0.236. The number of ether oxygens (including phenoxy) is 1. The molecule has 0 spiro atoms. The van der Waals surface area contributed by atoms with Crippen LogP contribution in [-0.2, 0) is 14.0 Å². The Balaban J connectivity index is 1.54. The fraction of sp³-hybridized carbons (Fsp3) is 0.828. The number of carbonyl (C=O) groups excluding carboxylic acids is 1. The van der Waals surface area contributed by atoms with Crippen LogP contribution in [0.5, 0.6) is 0 Å². The van der Waals surface area contributed by atoms with Crippen LogP contribution in [0.15, 0.2) is 23.0 Å². The van der Waals surface area contributed by atoms with Crippen molar-refractivity contribution in [1.29, 1.82) is 0 Å². The zero-order chi connectivity index (χ0) is 25.1. The predicted molar refractivity (Wildman–Crippen MR) is 139 cm³/mol. The van der Waals surface area contributed by atoms with Gasteiger partial charge in [-0.3, -0.25) is 0 Å². The second kappa shape index (κ2) is 8.87. The van der Waals surface area contributed by atoms with Gasteiger partial charge in [0.2, 0.25) is 5.83 Å². The molecule has 34 heavy (non-hydrogen) atoms. The van der Waals surface area contributed by atoms with E-state index in [4.69, 9.17) is 9.16 Å². The lowest BCUT2D eigenvalue weighted by molar-refractivity contribution is -0.140. The summed E-state index contributed by atoms with van der Waals surface area (Å²) in [5.41, 5.74) is 2.39. The smallest absolute Gasteiger partial charge is 0.367 e. The van der Waals surface area contributed by atoms with Crippen LogP contribution in [0.2, 0.25) is 18.1 Å². The first-order chi connectivity index (χ1) is 15.7. The van der Waals surface area contributed by atoms with Crippen molar-refractivity contribution in [2.75, 3.05) is 6.61 Å². The number of halogens is 1. The van der Waals surface area contributed by atoms with Gasteiger partial charge >= 0.3 is 5.97 Å². The summed E-state index contributed by atoms with van der Waals surface area (Å²) in [6.07, 6.45) is 11.2. The molecular weight excluding hydrogens is 443 g/mol. The SMILES string of the molecule is CCOC(=O)/C(F)=C1/CC[C@H]2[C@@H]3CC=C4C[C@@H](O[Si](C)(C)C(C)(C)C)CC[C@]4(C)[C@H]3CC[C@]12C. The zero-order valence-corrected chi connectivity index (χ0v) is 23.9. The number of esters is 1. The number of allylic oxidation sites excluding steroid dienone is 2. The fourth-order valence-electron chi connectivity index (χ4n) is 7.81. The molecule has 0 bridgehead atoms. The zero-order valence-electron chi connectivity index (χ0n) is 22.9. The van der Waals surface area contributed by atoms with Crippen molar-refractivity contribution >= 4 is 14.3 Å². The average Bonchev–Trinajstić information content (AvgIpc) is 3.09. The second-order valence-corrected chi connectivity index (χ2v) is 18.3. The van der Waals surface area contributed by atoms with Crippen molar-refractivity contribution in [3.8, 4) is 0 Å². The van der Waals surface area contributed by atoms with E-state index in [0.717, 1.165) is 44.1 Å². The van der Waals surface area contributed by atoms with Crippen molar-refractivity contribution in [3.05, 3.63) is 23.0 Å². The Labute approximate surface area is 208 Å². The van der Waals surface area contributed by atoms with Crippen LogP contribution in [-0.4, -0.2) is 27.0 Å². The maximum absolute atomic E-state index is 15.1. The van der Waals surface area contributed by atoms with E-state index in [0.29, 0.717) is 30.3 Å². The molecule has 0 saturated heterocycles. The molecule has 3 saturated carbocycles. The van der Waals surface area contributed by atoms with Gasteiger partial charge in [-0.1, -0.05) is 46.3 Å². The Kier molecular flexibility index (Phi) is 6.81. The van der Waals surface area contributed by atoms with Crippen LogP contribution in [0, 0.1) is 28.6 Å². The van der Waals surface area contributed by atoms with Crippen LogP contribution < -0.4 is 0 Å². The Morgan fingerprint density at radius 2 is 1.76 bits per heavy atom. The highest BCUT2D eigenvalue weighted by Gasteiger charge is 2.58. The third-order valence-corrected chi connectivity index (χ3v) is 15.4. The summed E-state index contributed by atoms with van der Waals surface area (Å²) < 4.78 is 27.0. The molecule has 0 aromatic rings. The van der Waals surface area contributed by atoms with Crippen LogP contribution in [0.1, 0.15) is 92.9 Å². The normalized spacial score (nSPS) is 39.5. The average molecular weight is 491 g/mol. The van der Waals surface area contributed by atoms with E-state index in [-0.39, 0.29) is 22.5 Å². The van der Waals surface area contributed by atoms with Gasteiger partial charge in [-0.05, 0) is 111 Å². The van der Waals surface area contributed by atoms with Gasteiger partial charge < -0.3 is 9.16 Å². The highest BCUT2D eigenvalue weighted by atomic mass is 28.4. The molecule has 3 nitrogen and oxygen atoms in total. The second-order valence-electron chi connectivity index (χ2n) is 13.5. The lowest BCUT2D eigenvalue weighted by atomic mass is 9.48. The molecule has 0 heterocycles. The third-order valence-electron chi connectivity index (χ3n) is 10.8. The molecule has 3 fully saturated rings. The summed E-state index contributed by atoms with van der Waals surface area (Å²) in [5.74, 6) is 0.325. The van der Waals surface area contributed by atoms with Gasteiger partial charge in [-0.15, -0.1) is 0 Å². The quantitative estimate of drug-likeness (QED) is 0.173. The van der Waals surface area contributed by atoms with E-state index < -0.39 is 20.1 Å². The first kappa shape index (κ1) is 26.1. The molecule has 0 aromatic heterocycles. The highest BCUT2D eigenvalue weighted by molar-refractivity contribution is 6.74. The minimum atomic E-state index is -1.77. The lowest BCUT2D eigenvalue weighted by Gasteiger charge is -2.58. The molecular formula is C29H47FO3Si. The first-order valence-corrected chi connectivity index (χ1v) is 16.6. The predicted octanol–water partition coefficient (Wildman–Crippen LogP) is 8.13. The van der Waals surface area contributed by atoms with Crippen LogP contribution >= 0.6 is 0 Å². The van der Waals surface area contributed by atoms with Crippen molar-refractivity contribution in [2.45, 2.75) is 117 Å². The molecule has 0 radical (unpaired) electrons. The fourth-order valence-corrected chi connectivity index (χ4v) is 9.20. The van der Waals surface area contributed by atoms with Gasteiger partial charge in [0, 0.05) is 6.10 Å². The van der Waals surface area contributed by atoms with E-state index in [9.17, 15) is 4.79 Å². The van der Waals surface area contributed by atoms with Gasteiger partial charge in [-0.25, -0.2) is 4.79 Å². The van der Waals surface area contributed by atoms with Gasteiger partial charge in [0.05, 0.1) is 6.61 Å². The minimum absolute atomic E-state index is 0.206. The Hall–Kier alpha value is -0.943. The molecule has 0 aromatic carbocycles. The van der Waals surface area contributed by atoms with Crippen molar-refractivity contribution in [3.63, 3.8) is 0 Å². The van der Waals surface area contributed by atoms with Crippen LogP contribution in [0.25, 0.3) is 0 Å². The summed E-state index contributed by atoms with van der Waals surface area (Å²) in [6.45, 7) is 18.4. The topological polar surface area (TPSA) is 35.5 Å². The monoisotopic (exact) mass is 490 g/mol. The Bertz CT molecular complexity index is 884. The van der Waals surface area contributed by atoms with Gasteiger partial charge in [0.15, 0.2) is 8.32 Å². The molecule has 0 aliphatic heterocycles. The molecule has 192 valence electrons. The van der Waals surface area contributed by atoms with Crippen molar-refractivity contribution in [1.82, 2.24) is 0 Å². The summed E-state index contributed by atoms with van der Waals surface area (Å²) in [7, 11) is -1.77. The summed E-state index contributed by atoms with van der Waals surface area (Å²) >= 11 is 0. The Morgan fingerprint density at radius 3 is 2.41 bits per heavy atom. The Morgan fingerprint density at radius 1 is 1.12 bits per heavy atom. The number of hydrogen-bond donors (Lipinski definition) is 0. The summed E-state index contributed by atoms with van der Waals surface area (Å²) in [6, 6.07) is 0. The van der Waals surface area contributed by atoms with Gasteiger partial charge in [0.1, 0.15) is 0 Å². The van der Waals surface area contributed by atoms with Crippen LogP contribution in [0.4, 0.5) is 4.39 Å². The molecule has 4 rings (SSSR count). The van der Waals surface area contributed by atoms with E-state index in [2.05, 4.69) is 53.8 Å². The first-order valence-electron chi connectivity index (χ1n) is 13.7. The molecule has 6 atom stereocenters. The van der Waals surface area contributed by atoms with E-state index in [1.807, 2.05) is 0 Å². The molecule has 0 amide bonds. The summed E-state index contributed by atoms with van der Waals surface area (Å²) in [4.78, 5) is 12.2. The van der Waals surface area contributed by atoms with Crippen molar-refractivity contribution < 1.29 is 18.3 Å². The molecule has 4 aliphatic rings.